The minimum absolute atomic E-state index is 0.290. The zero-order valence-electron chi connectivity index (χ0n) is 8.01. The molecular weight excluding hydrogens is 190 g/mol. The Morgan fingerprint density at radius 1 is 1.27 bits per heavy atom. The van der Waals surface area contributed by atoms with E-state index in [4.69, 9.17) is 4.74 Å². The van der Waals surface area contributed by atoms with Crippen LogP contribution < -0.4 is 4.74 Å². The highest BCUT2D eigenvalue weighted by Crippen LogP contribution is 2.15. The molecule has 0 aliphatic carbocycles. The van der Waals surface area contributed by atoms with Crippen molar-refractivity contribution in [1.82, 2.24) is 4.98 Å². The van der Waals surface area contributed by atoms with Crippen LogP contribution in [0.2, 0.25) is 0 Å². The van der Waals surface area contributed by atoms with E-state index in [9.17, 15) is 4.79 Å². The average molecular weight is 199 g/mol. The summed E-state index contributed by atoms with van der Waals surface area (Å²) in [5.74, 6) is -0.212. The molecule has 0 aliphatic heterocycles. The van der Waals surface area contributed by atoms with Gasteiger partial charge in [0.05, 0.1) is 5.52 Å². The number of rotatable bonds is 2. The van der Waals surface area contributed by atoms with Gasteiger partial charge in [-0.15, -0.1) is 0 Å². The lowest BCUT2D eigenvalue weighted by Crippen LogP contribution is -2.04. The number of carbonyl (C=O) groups excluding carboxylic acids is 1. The van der Waals surface area contributed by atoms with Gasteiger partial charge < -0.3 is 4.74 Å². The second-order valence-electron chi connectivity index (χ2n) is 2.97. The first-order chi connectivity index (χ1) is 7.29. The van der Waals surface area contributed by atoms with Gasteiger partial charge in [-0.05, 0) is 12.1 Å². The van der Waals surface area contributed by atoms with Crippen molar-refractivity contribution in [3.8, 4) is 5.88 Å². The fourth-order valence-electron chi connectivity index (χ4n) is 1.25. The van der Waals surface area contributed by atoms with Crippen molar-refractivity contribution < 1.29 is 9.53 Å². The second kappa shape index (κ2) is 3.92. The molecule has 0 saturated heterocycles. The number of nitrogens with zero attached hydrogens (tertiary/aromatic N) is 1. The highest BCUT2D eigenvalue weighted by molar-refractivity contribution is 5.84. The molecule has 0 aliphatic rings. The molecule has 1 heterocycles. The lowest BCUT2D eigenvalue weighted by atomic mass is 10.2. The summed E-state index contributed by atoms with van der Waals surface area (Å²) < 4.78 is 4.90. The largest absolute Gasteiger partial charge is 0.404 e. The van der Waals surface area contributed by atoms with Crippen molar-refractivity contribution in [3.05, 3.63) is 49.1 Å². The highest BCUT2D eigenvalue weighted by Gasteiger charge is 2.01. The van der Waals surface area contributed by atoms with Crippen LogP contribution in [0.5, 0.6) is 5.88 Å². The molecule has 0 atom stereocenters. The fourth-order valence-corrected chi connectivity index (χ4v) is 1.25. The van der Waals surface area contributed by atoms with Crippen LogP contribution in [0, 0.1) is 0 Å². The van der Waals surface area contributed by atoms with Gasteiger partial charge in [0.15, 0.2) is 0 Å². The summed E-state index contributed by atoms with van der Waals surface area (Å²) in [4.78, 5) is 15.1. The van der Waals surface area contributed by atoms with Crippen LogP contribution in [-0.4, -0.2) is 11.0 Å². The van der Waals surface area contributed by atoms with Crippen LogP contribution >= 0.6 is 0 Å². The quantitative estimate of drug-likeness (QED) is 0.550. The molecule has 3 nitrogen and oxygen atoms in total. The third-order valence-corrected chi connectivity index (χ3v) is 1.94. The van der Waals surface area contributed by atoms with E-state index in [1.807, 2.05) is 30.3 Å². The number of para-hydroxylation sites is 1. The van der Waals surface area contributed by atoms with Crippen LogP contribution in [0.15, 0.2) is 49.1 Å². The number of pyridine rings is 1. The van der Waals surface area contributed by atoms with E-state index in [0.717, 1.165) is 17.0 Å². The van der Waals surface area contributed by atoms with Crippen molar-refractivity contribution in [2.75, 3.05) is 0 Å². The first kappa shape index (κ1) is 9.40. The van der Waals surface area contributed by atoms with Gasteiger partial charge in [0.1, 0.15) is 0 Å². The summed E-state index contributed by atoms with van der Waals surface area (Å²) in [5, 5.41) is 1.01. The molecule has 0 fully saturated rings. The maximum atomic E-state index is 10.9. The maximum absolute atomic E-state index is 10.9. The molecule has 0 N–H and O–H groups in total. The summed E-state index contributed by atoms with van der Waals surface area (Å²) >= 11 is 0. The van der Waals surface area contributed by atoms with Gasteiger partial charge in [-0.25, -0.2) is 9.78 Å². The van der Waals surface area contributed by atoms with Gasteiger partial charge >= 0.3 is 5.97 Å². The number of ether oxygens (including phenoxy) is 1. The third kappa shape index (κ3) is 2.02. The zero-order chi connectivity index (χ0) is 10.7. The minimum atomic E-state index is -0.502. The van der Waals surface area contributed by atoms with Crippen LogP contribution in [0.3, 0.4) is 0 Å². The van der Waals surface area contributed by atoms with Gasteiger partial charge in [-0.1, -0.05) is 24.8 Å². The molecular formula is C12H9NO2. The molecule has 3 heteroatoms. The predicted molar refractivity (Wildman–Crippen MR) is 57.6 cm³/mol. The van der Waals surface area contributed by atoms with Crippen molar-refractivity contribution in [2.24, 2.45) is 0 Å². The number of hydrogen-bond donors (Lipinski definition) is 0. The van der Waals surface area contributed by atoms with E-state index in [0.29, 0.717) is 5.88 Å². The summed E-state index contributed by atoms with van der Waals surface area (Å²) in [7, 11) is 0. The van der Waals surface area contributed by atoms with Gasteiger partial charge in [0, 0.05) is 17.5 Å². The standard InChI is InChI=1S/C12H9NO2/c1-2-12(14)15-11-8-7-9-5-3-4-6-10(9)13-11/h2-8H,1H2. The van der Waals surface area contributed by atoms with Crippen molar-refractivity contribution in [1.29, 1.82) is 0 Å². The Labute approximate surface area is 87.0 Å². The molecule has 0 amide bonds. The summed E-state index contributed by atoms with van der Waals surface area (Å²) in [6.07, 6.45) is 1.11. The Hall–Kier alpha value is -2.16. The second-order valence-corrected chi connectivity index (χ2v) is 2.97. The van der Waals surface area contributed by atoms with E-state index in [2.05, 4.69) is 11.6 Å². The van der Waals surface area contributed by atoms with Gasteiger partial charge in [-0.2, -0.15) is 0 Å². The Balaban J connectivity index is 2.38. The molecule has 15 heavy (non-hydrogen) atoms. The Bertz CT molecular complexity index is 520. The van der Waals surface area contributed by atoms with E-state index in [-0.39, 0.29) is 0 Å². The minimum Gasteiger partial charge on any atom is -0.404 e. The average Bonchev–Trinajstić information content (AvgIpc) is 2.29. The highest BCUT2D eigenvalue weighted by atomic mass is 16.5. The third-order valence-electron chi connectivity index (χ3n) is 1.94. The number of aromatic nitrogens is 1. The SMILES string of the molecule is C=CC(=O)Oc1ccc2ccccc2n1. The number of benzene rings is 1. The first-order valence-corrected chi connectivity index (χ1v) is 4.49. The lowest BCUT2D eigenvalue weighted by Gasteiger charge is -2.01. The van der Waals surface area contributed by atoms with Crippen molar-refractivity contribution >= 4 is 16.9 Å². The fraction of sp³-hybridized carbons (Fsp3) is 0. The molecule has 0 spiro atoms. The first-order valence-electron chi connectivity index (χ1n) is 4.49. The smallest absolute Gasteiger partial charge is 0.336 e. The summed E-state index contributed by atoms with van der Waals surface area (Å²) in [6.45, 7) is 3.32. The monoisotopic (exact) mass is 199 g/mol. The molecule has 2 rings (SSSR count). The van der Waals surface area contributed by atoms with Crippen LogP contribution in [-0.2, 0) is 4.79 Å². The molecule has 74 valence electrons. The summed E-state index contributed by atoms with van der Waals surface area (Å²) in [6, 6.07) is 11.1. The normalized spacial score (nSPS) is 9.87. The Morgan fingerprint density at radius 2 is 2.07 bits per heavy atom. The Kier molecular flexibility index (Phi) is 2.46. The van der Waals surface area contributed by atoms with E-state index < -0.39 is 5.97 Å². The number of carbonyl (C=O) groups is 1. The molecule has 0 unspecified atom stereocenters. The molecule has 0 bridgehead atoms. The zero-order valence-corrected chi connectivity index (χ0v) is 8.01. The number of esters is 1. The number of fused-ring (bicyclic) bond motifs is 1. The van der Waals surface area contributed by atoms with E-state index in [1.54, 1.807) is 6.07 Å². The molecule has 2 aromatic rings. The molecule has 0 radical (unpaired) electrons. The van der Waals surface area contributed by atoms with Crippen molar-refractivity contribution in [2.45, 2.75) is 0 Å². The van der Waals surface area contributed by atoms with Crippen LogP contribution in [0.25, 0.3) is 10.9 Å². The van der Waals surface area contributed by atoms with Gasteiger partial charge in [0.2, 0.25) is 5.88 Å². The van der Waals surface area contributed by atoms with Gasteiger partial charge in [-0.3, -0.25) is 0 Å². The predicted octanol–water partition coefficient (Wildman–Crippen LogP) is 2.33. The van der Waals surface area contributed by atoms with Crippen molar-refractivity contribution in [3.63, 3.8) is 0 Å². The van der Waals surface area contributed by atoms with Gasteiger partial charge in [0.25, 0.3) is 0 Å². The van der Waals surface area contributed by atoms with Crippen LogP contribution in [0.4, 0.5) is 0 Å². The topological polar surface area (TPSA) is 39.2 Å². The molecule has 1 aromatic carbocycles. The number of hydrogen-bond acceptors (Lipinski definition) is 3. The van der Waals surface area contributed by atoms with Crippen LogP contribution in [0.1, 0.15) is 0 Å². The van der Waals surface area contributed by atoms with E-state index in [1.165, 1.54) is 0 Å². The maximum Gasteiger partial charge on any atom is 0.336 e. The molecule has 0 saturated carbocycles. The molecule has 1 aromatic heterocycles. The lowest BCUT2D eigenvalue weighted by molar-refractivity contribution is -0.129. The Morgan fingerprint density at radius 3 is 2.87 bits per heavy atom. The summed E-state index contributed by atoms with van der Waals surface area (Å²) in [5.41, 5.74) is 0.798. The van der Waals surface area contributed by atoms with E-state index >= 15 is 0 Å².